The number of hydrogen-bond acceptors (Lipinski definition) is 2. The van der Waals surface area contributed by atoms with Crippen molar-refractivity contribution in [1.82, 2.24) is 10.3 Å². The summed E-state index contributed by atoms with van der Waals surface area (Å²) >= 11 is 0. The minimum absolute atomic E-state index is 0.168. The van der Waals surface area contributed by atoms with Gasteiger partial charge in [0.1, 0.15) is 5.82 Å². The van der Waals surface area contributed by atoms with E-state index in [0.717, 1.165) is 17.9 Å². The third-order valence-electron chi connectivity index (χ3n) is 3.52. The minimum Gasteiger partial charge on any atom is -0.307 e. The zero-order valence-electron chi connectivity index (χ0n) is 10.6. The lowest BCUT2D eigenvalue weighted by atomic mass is 10.0. The fourth-order valence-electron chi connectivity index (χ4n) is 2.22. The molecule has 0 aromatic carbocycles. The topological polar surface area (TPSA) is 24.9 Å². The number of hydrogen-bond donors (Lipinski definition) is 1. The van der Waals surface area contributed by atoms with Crippen LogP contribution in [0.15, 0.2) is 18.5 Å². The molecule has 2 atom stereocenters. The molecule has 1 aliphatic carbocycles. The molecule has 0 radical (unpaired) electrons. The molecule has 2 unspecified atom stereocenters. The number of rotatable bonds is 6. The molecule has 1 fully saturated rings. The molecule has 1 aromatic heterocycles. The van der Waals surface area contributed by atoms with E-state index in [0.29, 0.717) is 6.04 Å². The number of halogens is 1. The van der Waals surface area contributed by atoms with Gasteiger partial charge in [0.05, 0.1) is 6.20 Å². The van der Waals surface area contributed by atoms with Crippen molar-refractivity contribution in [3.63, 3.8) is 0 Å². The summed E-state index contributed by atoms with van der Waals surface area (Å²) in [7, 11) is 0. The Morgan fingerprint density at radius 1 is 1.47 bits per heavy atom. The van der Waals surface area contributed by atoms with Crippen LogP contribution in [-0.4, -0.2) is 11.0 Å². The number of nitrogens with one attached hydrogen (secondary N) is 1. The molecule has 1 N–H and O–H groups in total. The fourth-order valence-corrected chi connectivity index (χ4v) is 2.22. The molecule has 2 rings (SSSR count). The van der Waals surface area contributed by atoms with E-state index < -0.39 is 0 Å². The van der Waals surface area contributed by atoms with Crippen LogP contribution in [0, 0.1) is 11.7 Å². The van der Waals surface area contributed by atoms with Gasteiger partial charge in [-0.25, -0.2) is 4.39 Å². The molecule has 2 nitrogen and oxygen atoms in total. The van der Waals surface area contributed by atoms with Gasteiger partial charge in [-0.05, 0) is 37.3 Å². The van der Waals surface area contributed by atoms with E-state index in [9.17, 15) is 4.39 Å². The van der Waals surface area contributed by atoms with Crippen LogP contribution in [-0.2, 0) is 0 Å². The average molecular weight is 236 g/mol. The Morgan fingerprint density at radius 2 is 2.24 bits per heavy atom. The van der Waals surface area contributed by atoms with Crippen LogP contribution in [0.25, 0.3) is 0 Å². The van der Waals surface area contributed by atoms with E-state index in [4.69, 9.17) is 0 Å². The summed E-state index contributed by atoms with van der Waals surface area (Å²) in [5.74, 6) is 0.664. The van der Waals surface area contributed by atoms with Crippen molar-refractivity contribution in [1.29, 1.82) is 0 Å². The van der Waals surface area contributed by atoms with Gasteiger partial charge in [-0.3, -0.25) is 4.98 Å². The Morgan fingerprint density at radius 3 is 2.82 bits per heavy atom. The number of aromatic nitrogens is 1. The van der Waals surface area contributed by atoms with Crippen molar-refractivity contribution in [3.05, 3.63) is 29.8 Å². The molecule has 0 spiro atoms. The Hall–Kier alpha value is -0.960. The average Bonchev–Trinajstić information content (AvgIpc) is 3.12. The van der Waals surface area contributed by atoms with Crippen molar-refractivity contribution in [2.24, 2.45) is 5.92 Å². The van der Waals surface area contributed by atoms with Gasteiger partial charge < -0.3 is 5.32 Å². The standard InChI is InChI=1S/C14H21FN2/c1-3-14(6-11-4-5-11)17-10(2)12-7-13(15)9-16-8-12/h7-11,14,17H,3-6H2,1-2H3. The molecule has 0 amide bonds. The third-order valence-corrected chi connectivity index (χ3v) is 3.52. The monoisotopic (exact) mass is 236 g/mol. The predicted octanol–water partition coefficient (Wildman–Crippen LogP) is 3.45. The summed E-state index contributed by atoms with van der Waals surface area (Å²) in [5.41, 5.74) is 0.930. The summed E-state index contributed by atoms with van der Waals surface area (Å²) in [4.78, 5) is 3.90. The van der Waals surface area contributed by atoms with Crippen molar-refractivity contribution < 1.29 is 4.39 Å². The maximum Gasteiger partial charge on any atom is 0.141 e. The lowest BCUT2D eigenvalue weighted by Crippen LogP contribution is -2.31. The fraction of sp³-hybridized carbons (Fsp3) is 0.643. The van der Waals surface area contributed by atoms with Gasteiger partial charge in [0, 0.05) is 18.3 Å². The second kappa shape index (κ2) is 5.58. The highest BCUT2D eigenvalue weighted by Crippen LogP contribution is 2.34. The first-order valence-electron chi connectivity index (χ1n) is 6.55. The van der Waals surface area contributed by atoms with Crippen LogP contribution in [0.1, 0.15) is 51.1 Å². The normalized spacial score (nSPS) is 19.0. The third kappa shape index (κ3) is 3.77. The molecule has 1 aliphatic rings. The summed E-state index contributed by atoms with van der Waals surface area (Å²) in [6.45, 7) is 4.28. The minimum atomic E-state index is -0.258. The Balaban J connectivity index is 1.91. The first-order valence-corrected chi connectivity index (χ1v) is 6.55. The largest absolute Gasteiger partial charge is 0.307 e. The van der Waals surface area contributed by atoms with E-state index >= 15 is 0 Å². The van der Waals surface area contributed by atoms with Crippen LogP contribution in [0.5, 0.6) is 0 Å². The van der Waals surface area contributed by atoms with Crippen molar-refractivity contribution in [3.8, 4) is 0 Å². The second-order valence-electron chi connectivity index (χ2n) is 5.11. The lowest BCUT2D eigenvalue weighted by Gasteiger charge is -2.22. The first kappa shape index (κ1) is 12.5. The van der Waals surface area contributed by atoms with Crippen LogP contribution in [0.3, 0.4) is 0 Å². The molecule has 0 bridgehead atoms. The maximum absolute atomic E-state index is 13.1. The highest BCUT2D eigenvalue weighted by molar-refractivity contribution is 5.14. The molecule has 17 heavy (non-hydrogen) atoms. The van der Waals surface area contributed by atoms with Gasteiger partial charge in [-0.2, -0.15) is 0 Å². The zero-order chi connectivity index (χ0) is 12.3. The predicted molar refractivity (Wildman–Crippen MR) is 67.2 cm³/mol. The molecule has 1 saturated carbocycles. The van der Waals surface area contributed by atoms with Gasteiger partial charge in [0.25, 0.3) is 0 Å². The van der Waals surface area contributed by atoms with Crippen molar-refractivity contribution >= 4 is 0 Å². The smallest absolute Gasteiger partial charge is 0.141 e. The molecule has 0 aliphatic heterocycles. The van der Waals surface area contributed by atoms with E-state index in [1.807, 2.05) is 0 Å². The van der Waals surface area contributed by atoms with E-state index in [-0.39, 0.29) is 11.9 Å². The lowest BCUT2D eigenvalue weighted by molar-refractivity contribution is 0.402. The van der Waals surface area contributed by atoms with E-state index in [1.165, 1.54) is 25.5 Å². The quantitative estimate of drug-likeness (QED) is 0.818. The van der Waals surface area contributed by atoms with Gasteiger partial charge in [0.2, 0.25) is 0 Å². The summed E-state index contributed by atoms with van der Waals surface area (Å²) in [5, 5.41) is 3.57. The van der Waals surface area contributed by atoms with Crippen molar-refractivity contribution in [2.75, 3.05) is 0 Å². The molecule has 1 aromatic rings. The molecular formula is C14H21FN2. The summed E-state index contributed by atoms with van der Waals surface area (Å²) < 4.78 is 13.1. The van der Waals surface area contributed by atoms with Crippen molar-refractivity contribution in [2.45, 2.75) is 51.6 Å². The Labute approximate surface area is 103 Å². The molecular weight excluding hydrogens is 215 g/mol. The van der Waals surface area contributed by atoms with Crippen LogP contribution in [0.2, 0.25) is 0 Å². The second-order valence-corrected chi connectivity index (χ2v) is 5.11. The molecule has 94 valence electrons. The first-order chi connectivity index (χ1) is 8.19. The van der Waals surface area contributed by atoms with Crippen LogP contribution < -0.4 is 5.32 Å². The number of nitrogens with zero attached hydrogens (tertiary/aromatic N) is 1. The van der Waals surface area contributed by atoms with Gasteiger partial charge in [0.15, 0.2) is 0 Å². The van der Waals surface area contributed by atoms with Gasteiger partial charge in [-0.15, -0.1) is 0 Å². The number of pyridine rings is 1. The molecule has 0 saturated heterocycles. The highest BCUT2D eigenvalue weighted by Gasteiger charge is 2.25. The van der Waals surface area contributed by atoms with Gasteiger partial charge >= 0.3 is 0 Å². The Kier molecular flexibility index (Phi) is 4.11. The van der Waals surface area contributed by atoms with Crippen LogP contribution in [0.4, 0.5) is 4.39 Å². The maximum atomic E-state index is 13.1. The summed E-state index contributed by atoms with van der Waals surface area (Å²) in [6.07, 6.45) is 8.14. The SMILES string of the molecule is CCC(CC1CC1)NC(C)c1cncc(F)c1. The van der Waals surface area contributed by atoms with Gasteiger partial charge in [-0.1, -0.05) is 19.8 Å². The van der Waals surface area contributed by atoms with E-state index in [2.05, 4.69) is 24.1 Å². The molecule has 3 heteroatoms. The highest BCUT2D eigenvalue weighted by atomic mass is 19.1. The summed E-state index contributed by atoms with van der Waals surface area (Å²) in [6, 6.07) is 2.27. The van der Waals surface area contributed by atoms with E-state index in [1.54, 1.807) is 12.3 Å². The Bertz CT molecular complexity index is 363. The van der Waals surface area contributed by atoms with Crippen LogP contribution >= 0.6 is 0 Å². The molecule has 1 heterocycles. The zero-order valence-corrected chi connectivity index (χ0v) is 10.6.